The summed E-state index contributed by atoms with van der Waals surface area (Å²) >= 11 is 0. The first kappa shape index (κ1) is 29.6. The van der Waals surface area contributed by atoms with Crippen molar-refractivity contribution in [1.82, 2.24) is 25.2 Å². The van der Waals surface area contributed by atoms with Gasteiger partial charge in [0.05, 0.1) is 22.8 Å². The lowest BCUT2D eigenvalue weighted by Gasteiger charge is -2.42. The van der Waals surface area contributed by atoms with Gasteiger partial charge in [-0.1, -0.05) is 12.2 Å². The SMILES string of the molecule is C=C1CN2CCC[C@@]2(COc2nc3c4c(nc(-c5cc(N)c(F)c(C)c5C(F)(F)F)c(F)c4n2)O[C@@H](C)[C@@H]2[C@@H]4CC[C@H](CN32)N4)C1. The van der Waals surface area contributed by atoms with Crippen molar-refractivity contribution in [1.29, 1.82) is 0 Å². The fourth-order valence-corrected chi connectivity index (χ4v) is 8.55. The minimum atomic E-state index is -5.03. The van der Waals surface area contributed by atoms with Gasteiger partial charge in [0.15, 0.2) is 5.82 Å². The van der Waals surface area contributed by atoms with Crippen molar-refractivity contribution in [2.75, 3.05) is 36.9 Å². The fraction of sp³-hybridized carbons (Fsp3) is 0.531. The average Bonchev–Trinajstić information content (AvgIpc) is 3.63. The molecule has 2 bridgehead atoms. The van der Waals surface area contributed by atoms with Crippen LogP contribution in [0.4, 0.5) is 33.5 Å². The molecule has 244 valence electrons. The van der Waals surface area contributed by atoms with Crippen LogP contribution in [0.1, 0.15) is 50.2 Å². The lowest BCUT2D eigenvalue weighted by molar-refractivity contribution is -0.137. The number of benzene rings is 1. The van der Waals surface area contributed by atoms with Gasteiger partial charge in [0.2, 0.25) is 5.88 Å². The molecule has 0 radical (unpaired) electrons. The summed E-state index contributed by atoms with van der Waals surface area (Å²) < 4.78 is 87.3. The number of fused-ring (bicyclic) bond motifs is 6. The first-order chi connectivity index (χ1) is 21.8. The Morgan fingerprint density at radius 3 is 2.78 bits per heavy atom. The van der Waals surface area contributed by atoms with E-state index in [0.717, 1.165) is 63.8 Å². The number of pyridine rings is 1. The van der Waals surface area contributed by atoms with E-state index in [0.29, 0.717) is 12.4 Å². The van der Waals surface area contributed by atoms with Crippen LogP contribution in [0.25, 0.3) is 22.2 Å². The zero-order valence-corrected chi connectivity index (χ0v) is 25.5. The molecule has 4 saturated heterocycles. The number of rotatable bonds is 4. The number of hydrogen-bond acceptors (Lipinski definition) is 9. The molecule has 4 fully saturated rings. The number of anilines is 2. The quantitative estimate of drug-likeness (QED) is 0.227. The second-order valence-corrected chi connectivity index (χ2v) is 13.4. The molecule has 0 saturated carbocycles. The van der Waals surface area contributed by atoms with Crippen molar-refractivity contribution in [2.45, 2.75) is 81.9 Å². The smallest absolute Gasteiger partial charge is 0.417 e. The highest BCUT2D eigenvalue weighted by atomic mass is 19.4. The molecule has 0 aliphatic carbocycles. The van der Waals surface area contributed by atoms with Gasteiger partial charge in [0.25, 0.3) is 0 Å². The third-order valence-corrected chi connectivity index (χ3v) is 10.5. The lowest BCUT2D eigenvalue weighted by atomic mass is 9.94. The predicted molar refractivity (Wildman–Crippen MR) is 161 cm³/mol. The first-order valence-electron chi connectivity index (χ1n) is 15.7. The molecular weight excluding hydrogens is 609 g/mol. The first-order valence-corrected chi connectivity index (χ1v) is 15.7. The highest BCUT2D eigenvalue weighted by molar-refractivity contribution is 5.97. The number of alkyl halides is 3. The molecule has 3 aromatic rings. The summed E-state index contributed by atoms with van der Waals surface area (Å²) in [5.74, 6) is -2.10. The molecule has 7 heterocycles. The van der Waals surface area contributed by atoms with Crippen LogP contribution in [0.5, 0.6) is 11.9 Å². The van der Waals surface area contributed by atoms with Gasteiger partial charge in [0.1, 0.15) is 40.9 Å². The Morgan fingerprint density at radius 2 is 2.00 bits per heavy atom. The Hall–Kier alpha value is -3.78. The number of halogens is 5. The van der Waals surface area contributed by atoms with Gasteiger partial charge in [-0.3, -0.25) is 4.90 Å². The molecule has 0 spiro atoms. The van der Waals surface area contributed by atoms with E-state index in [4.69, 9.17) is 20.2 Å². The molecule has 0 unspecified atom stereocenters. The zero-order valence-electron chi connectivity index (χ0n) is 25.5. The van der Waals surface area contributed by atoms with Crippen LogP contribution in [0.3, 0.4) is 0 Å². The van der Waals surface area contributed by atoms with Crippen LogP contribution in [-0.2, 0) is 6.18 Å². The average molecular weight is 644 g/mol. The van der Waals surface area contributed by atoms with E-state index in [1.54, 1.807) is 0 Å². The van der Waals surface area contributed by atoms with Crippen molar-refractivity contribution in [3.8, 4) is 23.1 Å². The van der Waals surface area contributed by atoms with Gasteiger partial charge in [-0.05, 0) is 64.1 Å². The van der Waals surface area contributed by atoms with E-state index in [2.05, 4.69) is 31.7 Å². The standard InChI is InChI=1S/C32H34F5N7O2/c1-14-10-31(7-4-8-43(31)11-14)13-45-30-41-26-21-28(42-30)44-12-17-5-6-20(39-17)27(44)16(3)46-29(21)40-25(24(26)34)18-9-19(38)23(33)15(2)22(18)32(35,36)37/h9,16-17,20,27,39H,1,4-8,10-13,38H2,2-3H3/t16-,17+,20-,27+,31-/m0/s1. The van der Waals surface area contributed by atoms with Gasteiger partial charge in [-0.25, -0.2) is 13.8 Å². The van der Waals surface area contributed by atoms with E-state index in [1.807, 2.05) is 6.92 Å². The Balaban J connectivity index is 1.34. The Bertz CT molecular complexity index is 1800. The summed E-state index contributed by atoms with van der Waals surface area (Å²) in [7, 11) is 0. The molecule has 2 aromatic heterocycles. The van der Waals surface area contributed by atoms with Crippen LogP contribution in [0.15, 0.2) is 18.2 Å². The summed E-state index contributed by atoms with van der Waals surface area (Å²) in [6.07, 6.45) is -1.01. The molecule has 1 aromatic carbocycles. The van der Waals surface area contributed by atoms with Crippen molar-refractivity contribution in [2.24, 2.45) is 0 Å². The summed E-state index contributed by atoms with van der Waals surface area (Å²) in [4.78, 5) is 18.1. The molecule has 9 nitrogen and oxygen atoms in total. The Morgan fingerprint density at radius 1 is 1.20 bits per heavy atom. The van der Waals surface area contributed by atoms with Crippen LogP contribution >= 0.6 is 0 Å². The maximum atomic E-state index is 16.8. The zero-order chi connectivity index (χ0) is 32.3. The highest BCUT2D eigenvalue weighted by Crippen LogP contribution is 2.48. The number of aromatic nitrogens is 3. The van der Waals surface area contributed by atoms with Gasteiger partial charge in [-0.15, -0.1) is 0 Å². The van der Waals surface area contributed by atoms with E-state index < -0.39 is 52.0 Å². The number of nitrogens with two attached hydrogens (primary N) is 1. The topological polar surface area (TPSA) is 102 Å². The predicted octanol–water partition coefficient (Wildman–Crippen LogP) is 5.14. The Labute approximate surface area is 262 Å². The highest BCUT2D eigenvalue weighted by Gasteiger charge is 2.49. The maximum absolute atomic E-state index is 16.8. The molecule has 5 aliphatic heterocycles. The third kappa shape index (κ3) is 4.35. The van der Waals surface area contributed by atoms with Crippen LogP contribution in [0.2, 0.25) is 0 Å². The second kappa shape index (κ2) is 10.1. The number of nitrogens with one attached hydrogen (secondary N) is 1. The number of piperazine rings is 1. The maximum Gasteiger partial charge on any atom is 0.417 e. The summed E-state index contributed by atoms with van der Waals surface area (Å²) in [5.41, 5.74) is 2.25. The van der Waals surface area contributed by atoms with Gasteiger partial charge >= 0.3 is 12.2 Å². The molecule has 5 aliphatic rings. The second-order valence-electron chi connectivity index (χ2n) is 13.4. The van der Waals surface area contributed by atoms with Crippen LogP contribution in [0, 0.1) is 18.6 Å². The number of hydrogen-bond donors (Lipinski definition) is 2. The van der Waals surface area contributed by atoms with E-state index >= 15 is 4.39 Å². The molecule has 5 atom stereocenters. The van der Waals surface area contributed by atoms with Crippen molar-refractivity contribution in [3.05, 3.63) is 41.0 Å². The van der Waals surface area contributed by atoms with E-state index in [-0.39, 0.29) is 53.1 Å². The van der Waals surface area contributed by atoms with Crippen molar-refractivity contribution in [3.63, 3.8) is 0 Å². The minimum Gasteiger partial charge on any atom is -0.472 e. The largest absolute Gasteiger partial charge is 0.472 e. The summed E-state index contributed by atoms with van der Waals surface area (Å²) in [6, 6.07) is 0.682. The molecule has 0 amide bonds. The Kier molecular flexibility index (Phi) is 6.51. The normalized spacial score (nSPS) is 28.8. The monoisotopic (exact) mass is 643 g/mol. The number of ether oxygens (including phenoxy) is 2. The van der Waals surface area contributed by atoms with Crippen LogP contribution in [-0.4, -0.2) is 75.9 Å². The van der Waals surface area contributed by atoms with Crippen molar-refractivity contribution >= 4 is 22.4 Å². The van der Waals surface area contributed by atoms with Gasteiger partial charge in [0, 0.05) is 30.7 Å². The number of nitrogen functional groups attached to an aromatic ring is 1. The molecule has 14 heteroatoms. The third-order valence-electron chi connectivity index (χ3n) is 10.5. The van der Waals surface area contributed by atoms with Gasteiger partial charge < -0.3 is 25.4 Å². The van der Waals surface area contributed by atoms with E-state index in [1.165, 1.54) is 0 Å². The number of nitrogens with zero attached hydrogens (tertiary/aromatic N) is 5. The molecule has 8 rings (SSSR count). The van der Waals surface area contributed by atoms with Gasteiger partial charge in [-0.2, -0.15) is 23.1 Å². The lowest BCUT2D eigenvalue weighted by Crippen LogP contribution is -2.62. The summed E-state index contributed by atoms with van der Waals surface area (Å²) in [6.45, 7) is 9.50. The fourth-order valence-electron chi connectivity index (χ4n) is 8.55. The molecule has 3 N–H and O–H groups in total. The minimum absolute atomic E-state index is 0.0496. The van der Waals surface area contributed by atoms with Crippen molar-refractivity contribution < 1.29 is 31.4 Å². The van der Waals surface area contributed by atoms with E-state index in [9.17, 15) is 17.6 Å². The summed E-state index contributed by atoms with van der Waals surface area (Å²) in [5, 5.41) is 3.78. The molecular formula is C32H34F5N7O2. The van der Waals surface area contributed by atoms with Crippen LogP contribution < -0.4 is 25.4 Å². The molecule has 46 heavy (non-hydrogen) atoms.